The molecule has 2 atom stereocenters. The largest absolute Gasteiger partial charge is 0.381 e. The van der Waals surface area contributed by atoms with Gasteiger partial charge in [0.1, 0.15) is 0 Å². The average molecular weight is 157 g/mol. The average Bonchev–Trinajstić information content (AvgIpc) is 2.55. The second-order valence-corrected chi connectivity index (χ2v) is 3.04. The van der Waals surface area contributed by atoms with Crippen molar-refractivity contribution in [3.05, 3.63) is 0 Å². The van der Waals surface area contributed by atoms with Crippen LogP contribution in [0.1, 0.15) is 20.3 Å². The first kappa shape index (κ1) is 9.01. The number of ether oxygens (including phenoxy) is 1. The van der Waals surface area contributed by atoms with Gasteiger partial charge in [0.25, 0.3) is 0 Å². The van der Waals surface area contributed by atoms with Crippen LogP contribution in [0.2, 0.25) is 0 Å². The SMILES string of the molecule is C1CC2CNCC2CO1.CC. The Morgan fingerprint density at radius 1 is 1.18 bits per heavy atom. The molecule has 0 spiro atoms. The van der Waals surface area contributed by atoms with Crippen LogP contribution in [-0.4, -0.2) is 26.3 Å². The van der Waals surface area contributed by atoms with Gasteiger partial charge in [-0.3, -0.25) is 0 Å². The maximum absolute atomic E-state index is 5.34. The Morgan fingerprint density at radius 2 is 1.91 bits per heavy atom. The summed E-state index contributed by atoms with van der Waals surface area (Å²) >= 11 is 0. The van der Waals surface area contributed by atoms with Crippen LogP contribution in [0.5, 0.6) is 0 Å². The number of hydrogen-bond acceptors (Lipinski definition) is 2. The lowest BCUT2D eigenvalue weighted by Gasteiger charge is -2.23. The molecule has 2 fully saturated rings. The molecule has 0 bridgehead atoms. The van der Waals surface area contributed by atoms with E-state index in [1.165, 1.54) is 19.5 Å². The Balaban J connectivity index is 0.000000281. The maximum atomic E-state index is 5.34. The lowest BCUT2D eigenvalue weighted by molar-refractivity contribution is 0.0372. The van der Waals surface area contributed by atoms with Gasteiger partial charge >= 0.3 is 0 Å². The molecule has 0 radical (unpaired) electrons. The first-order valence-electron chi connectivity index (χ1n) is 4.75. The summed E-state index contributed by atoms with van der Waals surface area (Å²) in [6, 6.07) is 0. The second-order valence-electron chi connectivity index (χ2n) is 3.04. The Morgan fingerprint density at radius 3 is 2.64 bits per heavy atom. The molecular formula is C9H19NO. The molecule has 11 heavy (non-hydrogen) atoms. The number of rotatable bonds is 0. The summed E-state index contributed by atoms with van der Waals surface area (Å²) in [5.74, 6) is 1.76. The summed E-state index contributed by atoms with van der Waals surface area (Å²) in [4.78, 5) is 0. The van der Waals surface area contributed by atoms with Crippen molar-refractivity contribution in [2.45, 2.75) is 20.3 Å². The minimum Gasteiger partial charge on any atom is -0.381 e. The van der Waals surface area contributed by atoms with Crippen LogP contribution in [0.15, 0.2) is 0 Å². The standard InChI is InChI=1S/C7H13NO.C2H6/c1-2-9-5-7-4-8-3-6(1)7;1-2/h6-8H,1-5H2;1-2H3. The van der Waals surface area contributed by atoms with E-state index in [9.17, 15) is 0 Å². The molecular weight excluding hydrogens is 138 g/mol. The summed E-state index contributed by atoms with van der Waals surface area (Å²) in [6.45, 7) is 8.40. The van der Waals surface area contributed by atoms with Crippen LogP contribution in [0.3, 0.4) is 0 Å². The highest BCUT2D eigenvalue weighted by Crippen LogP contribution is 2.24. The van der Waals surface area contributed by atoms with Crippen LogP contribution in [0.4, 0.5) is 0 Å². The van der Waals surface area contributed by atoms with Crippen LogP contribution >= 0.6 is 0 Å². The second kappa shape index (κ2) is 4.73. The summed E-state index contributed by atoms with van der Waals surface area (Å²) in [6.07, 6.45) is 1.28. The molecule has 2 heteroatoms. The molecule has 0 amide bonds. The zero-order valence-electron chi connectivity index (χ0n) is 7.60. The molecule has 0 saturated carbocycles. The van der Waals surface area contributed by atoms with Gasteiger partial charge in [0.2, 0.25) is 0 Å². The molecule has 2 unspecified atom stereocenters. The molecule has 66 valence electrons. The first-order chi connectivity index (χ1) is 5.47. The molecule has 1 N–H and O–H groups in total. The van der Waals surface area contributed by atoms with E-state index in [2.05, 4.69) is 5.32 Å². The smallest absolute Gasteiger partial charge is 0.0509 e. The van der Waals surface area contributed by atoms with E-state index in [-0.39, 0.29) is 0 Å². The highest BCUT2D eigenvalue weighted by molar-refractivity contribution is 4.82. The molecule has 2 saturated heterocycles. The highest BCUT2D eigenvalue weighted by Gasteiger charge is 2.29. The van der Waals surface area contributed by atoms with Crippen molar-refractivity contribution in [1.82, 2.24) is 5.32 Å². The summed E-state index contributed by atoms with van der Waals surface area (Å²) in [5, 5.41) is 3.38. The fraction of sp³-hybridized carbons (Fsp3) is 1.00. The fourth-order valence-electron chi connectivity index (χ4n) is 1.79. The zero-order chi connectivity index (χ0) is 8.10. The molecule has 2 nitrogen and oxygen atoms in total. The number of nitrogens with one attached hydrogen (secondary N) is 1. The van der Waals surface area contributed by atoms with Gasteiger partial charge in [-0.1, -0.05) is 13.8 Å². The van der Waals surface area contributed by atoms with Crippen molar-refractivity contribution < 1.29 is 4.74 Å². The van der Waals surface area contributed by atoms with E-state index in [1.54, 1.807) is 0 Å². The van der Waals surface area contributed by atoms with Crippen LogP contribution in [0.25, 0.3) is 0 Å². The predicted molar refractivity (Wildman–Crippen MR) is 46.6 cm³/mol. The van der Waals surface area contributed by atoms with Gasteiger partial charge in [0.05, 0.1) is 6.61 Å². The molecule has 0 aromatic rings. The number of fused-ring (bicyclic) bond motifs is 1. The Kier molecular flexibility index (Phi) is 3.87. The van der Waals surface area contributed by atoms with Gasteiger partial charge in [-0.15, -0.1) is 0 Å². The molecule has 2 aliphatic heterocycles. The summed E-state index contributed by atoms with van der Waals surface area (Å²) < 4.78 is 5.34. The van der Waals surface area contributed by atoms with Gasteiger partial charge in [-0.25, -0.2) is 0 Å². The van der Waals surface area contributed by atoms with Gasteiger partial charge in [0.15, 0.2) is 0 Å². The van der Waals surface area contributed by atoms with Crippen molar-refractivity contribution in [3.8, 4) is 0 Å². The van der Waals surface area contributed by atoms with Gasteiger partial charge in [-0.2, -0.15) is 0 Å². The van der Waals surface area contributed by atoms with E-state index in [0.717, 1.165) is 25.0 Å². The molecule has 2 rings (SSSR count). The van der Waals surface area contributed by atoms with Gasteiger partial charge in [0, 0.05) is 13.2 Å². The normalized spacial score (nSPS) is 35.5. The molecule has 2 heterocycles. The van der Waals surface area contributed by atoms with E-state index >= 15 is 0 Å². The van der Waals surface area contributed by atoms with E-state index in [4.69, 9.17) is 4.74 Å². The minimum atomic E-state index is 0.832. The molecule has 2 aliphatic rings. The summed E-state index contributed by atoms with van der Waals surface area (Å²) in [5.41, 5.74) is 0. The first-order valence-corrected chi connectivity index (χ1v) is 4.75. The maximum Gasteiger partial charge on any atom is 0.0509 e. The lowest BCUT2D eigenvalue weighted by Crippen LogP contribution is -2.25. The van der Waals surface area contributed by atoms with Crippen molar-refractivity contribution in [2.75, 3.05) is 26.3 Å². The lowest BCUT2D eigenvalue weighted by atomic mass is 9.92. The van der Waals surface area contributed by atoms with Gasteiger partial charge < -0.3 is 10.1 Å². The Hall–Kier alpha value is -0.0800. The third-order valence-electron chi connectivity index (χ3n) is 2.44. The molecule has 0 aromatic heterocycles. The minimum absolute atomic E-state index is 0.832. The quantitative estimate of drug-likeness (QED) is 0.571. The third-order valence-corrected chi connectivity index (χ3v) is 2.44. The fourth-order valence-corrected chi connectivity index (χ4v) is 1.79. The van der Waals surface area contributed by atoms with Crippen molar-refractivity contribution in [1.29, 1.82) is 0 Å². The van der Waals surface area contributed by atoms with Crippen LogP contribution in [0, 0.1) is 11.8 Å². The van der Waals surface area contributed by atoms with Crippen molar-refractivity contribution >= 4 is 0 Å². The predicted octanol–water partition coefficient (Wildman–Crippen LogP) is 1.27. The summed E-state index contributed by atoms with van der Waals surface area (Å²) in [7, 11) is 0. The molecule has 0 aromatic carbocycles. The number of hydrogen-bond donors (Lipinski definition) is 1. The van der Waals surface area contributed by atoms with Crippen LogP contribution in [-0.2, 0) is 4.74 Å². The topological polar surface area (TPSA) is 21.3 Å². The molecule has 0 aliphatic carbocycles. The Labute approximate surface area is 69.3 Å². The van der Waals surface area contributed by atoms with Gasteiger partial charge in [-0.05, 0) is 24.8 Å². The zero-order valence-corrected chi connectivity index (χ0v) is 7.60. The third kappa shape index (κ3) is 2.17. The van der Waals surface area contributed by atoms with E-state index in [1.807, 2.05) is 13.8 Å². The van der Waals surface area contributed by atoms with E-state index < -0.39 is 0 Å². The highest BCUT2D eigenvalue weighted by atomic mass is 16.5. The van der Waals surface area contributed by atoms with Crippen molar-refractivity contribution in [2.24, 2.45) is 11.8 Å². The van der Waals surface area contributed by atoms with Crippen LogP contribution < -0.4 is 5.32 Å². The van der Waals surface area contributed by atoms with Crippen molar-refractivity contribution in [3.63, 3.8) is 0 Å². The Bertz CT molecular complexity index is 93.7. The van der Waals surface area contributed by atoms with E-state index in [0.29, 0.717) is 0 Å². The monoisotopic (exact) mass is 157 g/mol.